The number of phenolic OH excluding ortho intramolecular Hbond substituents is 2. The molecular formula is C28H35N3O8. The first kappa shape index (κ1) is 29.3. The smallest absolute Gasteiger partial charge is 0.408 e. The number of phenols is 2. The lowest BCUT2D eigenvalue weighted by Gasteiger charge is -2.43. The molecule has 39 heavy (non-hydrogen) atoms. The van der Waals surface area contributed by atoms with Gasteiger partial charge in [0.25, 0.3) is 0 Å². The minimum Gasteiger partial charge on any atom is -0.508 e. The van der Waals surface area contributed by atoms with Gasteiger partial charge in [0.05, 0.1) is 6.54 Å². The van der Waals surface area contributed by atoms with E-state index in [1.165, 1.54) is 53.4 Å². The van der Waals surface area contributed by atoms with Crippen LogP contribution in [0.5, 0.6) is 11.5 Å². The van der Waals surface area contributed by atoms with Gasteiger partial charge in [-0.05, 0) is 76.9 Å². The molecule has 4 N–H and O–H groups in total. The maximum absolute atomic E-state index is 13.2. The molecule has 2 aromatic carbocycles. The number of β-lactam (4-membered cyclic amide) rings is 1. The molecule has 0 unspecified atom stereocenters. The fourth-order valence-electron chi connectivity index (χ4n) is 3.90. The number of esters is 1. The fraction of sp³-hybridized carbons (Fsp3) is 0.429. The molecule has 1 aliphatic rings. The Hall–Kier alpha value is -4.28. The van der Waals surface area contributed by atoms with Crippen molar-refractivity contribution in [3.8, 4) is 11.5 Å². The molecule has 3 atom stereocenters. The Morgan fingerprint density at radius 2 is 1.33 bits per heavy atom. The van der Waals surface area contributed by atoms with Crippen LogP contribution in [0, 0.1) is 0 Å². The minimum absolute atomic E-state index is 0.000440. The van der Waals surface area contributed by atoms with Crippen LogP contribution in [-0.4, -0.2) is 62.8 Å². The average Bonchev–Trinajstić information content (AvgIpc) is 2.81. The van der Waals surface area contributed by atoms with Crippen molar-refractivity contribution in [1.29, 1.82) is 0 Å². The second kappa shape index (κ2) is 11.2. The van der Waals surface area contributed by atoms with Gasteiger partial charge >= 0.3 is 12.1 Å². The van der Waals surface area contributed by atoms with Crippen LogP contribution in [0.1, 0.15) is 64.8 Å². The van der Waals surface area contributed by atoms with Crippen LogP contribution < -0.4 is 10.6 Å². The Bertz CT molecular complexity index is 1210. The SMILES string of the molecule is CC(C)(C)OC(=O)N[C@@H](C(=O)N[C@H]1CN([C@@H](C(=O)OC(C)(C)C)c2ccc(O)cc2)C1=O)c1ccc(O)cc1. The average molecular weight is 542 g/mol. The monoisotopic (exact) mass is 541 g/mol. The van der Waals surface area contributed by atoms with Crippen LogP contribution >= 0.6 is 0 Å². The normalized spacial score (nSPS) is 16.9. The van der Waals surface area contributed by atoms with Crippen LogP contribution in [0.2, 0.25) is 0 Å². The van der Waals surface area contributed by atoms with E-state index in [9.17, 15) is 29.4 Å². The van der Waals surface area contributed by atoms with Crippen LogP contribution in [0.15, 0.2) is 48.5 Å². The van der Waals surface area contributed by atoms with E-state index >= 15 is 0 Å². The van der Waals surface area contributed by atoms with Gasteiger partial charge < -0.3 is 35.2 Å². The maximum atomic E-state index is 13.2. The number of aromatic hydroxyl groups is 2. The van der Waals surface area contributed by atoms with Gasteiger partial charge in [0.15, 0.2) is 6.04 Å². The zero-order chi connectivity index (χ0) is 29.1. The fourth-order valence-corrected chi connectivity index (χ4v) is 3.90. The molecule has 11 nitrogen and oxygen atoms in total. The number of nitrogens with one attached hydrogen (secondary N) is 2. The number of ether oxygens (including phenoxy) is 2. The molecule has 1 heterocycles. The summed E-state index contributed by atoms with van der Waals surface area (Å²) in [4.78, 5) is 53.2. The number of carbonyl (C=O) groups excluding carboxylic acids is 4. The van der Waals surface area contributed by atoms with E-state index in [-0.39, 0.29) is 18.0 Å². The van der Waals surface area contributed by atoms with E-state index in [2.05, 4.69) is 10.6 Å². The van der Waals surface area contributed by atoms with E-state index in [0.29, 0.717) is 11.1 Å². The van der Waals surface area contributed by atoms with Gasteiger partial charge in [-0.15, -0.1) is 0 Å². The van der Waals surface area contributed by atoms with Crippen LogP contribution in [0.4, 0.5) is 4.79 Å². The largest absolute Gasteiger partial charge is 0.508 e. The van der Waals surface area contributed by atoms with Crippen molar-refractivity contribution in [2.75, 3.05) is 6.54 Å². The Morgan fingerprint density at radius 1 is 0.846 bits per heavy atom. The summed E-state index contributed by atoms with van der Waals surface area (Å²) in [5.41, 5.74) is -0.822. The molecule has 3 amide bonds. The van der Waals surface area contributed by atoms with Crippen molar-refractivity contribution >= 4 is 23.9 Å². The molecule has 1 fully saturated rings. The molecule has 2 aromatic rings. The minimum atomic E-state index is -1.22. The first-order valence-corrected chi connectivity index (χ1v) is 12.4. The highest BCUT2D eigenvalue weighted by atomic mass is 16.6. The zero-order valence-electron chi connectivity index (χ0n) is 22.8. The van der Waals surface area contributed by atoms with Gasteiger partial charge in [0.2, 0.25) is 11.8 Å². The third-order valence-electron chi connectivity index (χ3n) is 5.58. The topological polar surface area (TPSA) is 154 Å². The summed E-state index contributed by atoms with van der Waals surface area (Å²) in [6, 6.07) is 8.26. The Balaban J connectivity index is 1.78. The lowest BCUT2D eigenvalue weighted by molar-refractivity contribution is -0.171. The number of benzene rings is 2. The van der Waals surface area contributed by atoms with Crippen LogP contribution in [0.25, 0.3) is 0 Å². The molecule has 0 saturated carbocycles. The second-order valence-corrected chi connectivity index (χ2v) is 11.3. The number of nitrogens with zero attached hydrogens (tertiary/aromatic N) is 1. The quantitative estimate of drug-likeness (QED) is 0.308. The number of hydrogen-bond acceptors (Lipinski definition) is 8. The molecule has 1 aliphatic heterocycles. The molecule has 0 spiro atoms. The molecule has 0 aromatic heterocycles. The van der Waals surface area contributed by atoms with Crippen molar-refractivity contribution in [3.05, 3.63) is 59.7 Å². The lowest BCUT2D eigenvalue weighted by Crippen LogP contribution is -2.66. The van der Waals surface area contributed by atoms with E-state index in [4.69, 9.17) is 9.47 Å². The molecule has 1 saturated heterocycles. The lowest BCUT2D eigenvalue weighted by atomic mass is 9.97. The van der Waals surface area contributed by atoms with E-state index < -0.39 is 53.2 Å². The van der Waals surface area contributed by atoms with Crippen molar-refractivity contribution < 1.29 is 38.9 Å². The summed E-state index contributed by atoms with van der Waals surface area (Å²) in [5.74, 6) is -1.88. The molecular weight excluding hydrogens is 506 g/mol. The third-order valence-corrected chi connectivity index (χ3v) is 5.58. The molecule has 0 aliphatic carbocycles. The van der Waals surface area contributed by atoms with Gasteiger partial charge in [-0.2, -0.15) is 0 Å². The van der Waals surface area contributed by atoms with Gasteiger partial charge in [-0.1, -0.05) is 24.3 Å². The zero-order valence-corrected chi connectivity index (χ0v) is 22.8. The third kappa shape index (κ3) is 7.86. The first-order valence-electron chi connectivity index (χ1n) is 12.4. The van der Waals surface area contributed by atoms with E-state index in [1.54, 1.807) is 41.5 Å². The summed E-state index contributed by atoms with van der Waals surface area (Å²) in [6.45, 7) is 10.2. The van der Waals surface area contributed by atoms with Crippen molar-refractivity contribution in [1.82, 2.24) is 15.5 Å². The highest BCUT2D eigenvalue weighted by Crippen LogP contribution is 2.31. The van der Waals surface area contributed by atoms with Gasteiger partial charge in [-0.25, -0.2) is 9.59 Å². The molecule has 11 heteroatoms. The van der Waals surface area contributed by atoms with Crippen LogP contribution in [0.3, 0.4) is 0 Å². The highest BCUT2D eigenvalue weighted by molar-refractivity contribution is 5.97. The predicted molar refractivity (Wildman–Crippen MR) is 141 cm³/mol. The number of amides is 3. The van der Waals surface area contributed by atoms with Crippen molar-refractivity contribution in [2.45, 2.75) is 70.9 Å². The molecule has 3 rings (SSSR count). The van der Waals surface area contributed by atoms with Gasteiger partial charge in [0.1, 0.15) is 34.8 Å². The molecule has 0 bridgehead atoms. The summed E-state index contributed by atoms with van der Waals surface area (Å²) < 4.78 is 10.8. The van der Waals surface area contributed by atoms with Crippen molar-refractivity contribution in [2.24, 2.45) is 0 Å². The summed E-state index contributed by atoms with van der Waals surface area (Å²) in [7, 11) is 0. The molecule has 0 radical (unpaired) electrons. The summed E-state index contributed by atoms with van der Waals surface area (Å²) in [6.07, 6.45) is -0.838. The number of likely N-dealkylation sites (tertiary alicyclic amines) is 1. The number of carbonyl (C=O) groups is 4. The first-order chi connectivity index (χ1) is 18.0. The predicted octanol–water partition coefficient (Wildman–Crippen LogP) is 3.07. The summed E-state index contributed by atoms with van der Waals surface area (Å²) in [5, 5.41) is 24.4. The summed E-state index contributed by atoms with van der Waals surface area (Å²) >= 11 is 0. The van der Waals surface area contributed by atoms with E-state index in [1.807, 2.05) is 0 Å². The second-order valence-electron chi connectivity index (χ2n) is 11.3. The van der Waals surface area contributed by atoms with Gasteiger partial charge in [-0.3, -0.25) is 9.59 Å². The number of rotatable bonds is 7. The Kier molecular flexibility index (Phi) is 8.42. The standard InChI is InChI=1S/C28H35N3O8/c1-27(2,3)38-25(36)22(17-9-13-19(33)14-10-17)31-15-20(24(31)35)29-23(34)21(16-7-11-18(32)12-8-16)30-26(37)39-28(4,5)6/h7-14,20-22,32-33H,15H2,1-6H3,(H,29,34)(H,30,37)/t20-,21+,22+/m0/s1. The number of alkyl carbamates (subject to hydrolysis) is 1. The maximum Gasteiger partial charge on any atom is 0.408 e. The number of hydrogen-bond donors (Lipinski definition) is 4. The van der Waals surface area contributed by atoms with Crippen LogP contribution in [-0.2, 0) is 23.9 Å². The highest BCUT2D eigenvalue weighted by Gasteiger charge is 2.46. The Labute approximate surface area is 227 Å². The van der Waals surface area contributed by atoms with E-state index in [0.717, 1.165) is 0 Å². The van der Waals surface area contributed by atoms with Crippen molar-refractivity contribution in [3.63, 3.8) is 0 Å². The molecule has 210 valence electrons. The Morgan fingerprint density at radius 3 is 1.79 bits per heavy atom. The van der Waals surface area contributed by atoms with Gasteiger partial charge in [0, 0.05) is 0 Å².